The van der Waals surface area contributed by atoms with E-state index >= 15 is 0 Å². The second-order valence-electron chi connectivity index (χ2n) is 5.57. The molecule has 3 heteroatoms. The molecule has 1 aromatic carbocycles. The molecule has 1 N–H and O–H groups in total. The first-order valence-corrected chi connectivity index (χ1v) is 7.18. The van der Waals surface area contributed by atoms with Crippen LogP contribution >= 0.6 is 0 Å². The number of aryl methyl sites for hydroxylation is 2. The average Bonchev–Trinajstić information content (AvgIpc) is 2.38. The van der Waals surface area contributed by atoms with Gasteiger partial charge in [0.2, 0.25) is 0 Å². The molecule has 0 aromatic heterocycles. The number of β-amino-alcohol motifs (C(OH)–C–C–N with tert-alkyl or cyclic N) is 1. The molecule has 2 atom stereocenters. The fourth-order valence-electron chi connectivity index (χ4n) is 2.84. The van der Waals surface area contributed by atoms with E-state index in [2.05, 4.69) is 43.9 Å². The maximum Gasteiger partial charge on any atom is 0.0917 e. The monoisotopic (exact) mass is 263 g/mol. The van der Waals surface area contributed by atoms with Crippen LogP contribution in [0, 0.1) is 13.8 Å². The summed E-state index contributed by atoms with van der Waals surface area (Å²) in [5.74, 6) is 0. The molecule has 106 valence electrons. The van der Waals surface area contributed by atoms with Crippen LogP contribution in [0.25, 0.3) is 0 Å². The van der Waals surface area contributed by atoms with Crippen molar-refractivity contribution in [1.82, 2.24) is 4.90 Å². The zero-order valence-corrected chi connectivity index (χ0v) is 12.2. The summed E-state index contributed by atoms with van der Waals surface area (Å²) >= 11 is 0. The molecule has 2 rings (SSSR count). The van der Waals surface area contributed by atoms with Crippen molar-refractivity contribution in [2.75, 3.05) is 26.3 Å². The van der Waals surface area contributed by atoms with Crippen molar-refractivity contribution in [3.8, 4) is 0 Å². The van der Waals surface area contributed by atoms with Crippen molar-refractivity contribution in [3.05, 3.63) is 34.9 Å². The molecule has 1 heterocycles. The van der Waals surface area contributed by atoms with E-state index in [9.17, 15) is 5.11 Å². The number of hydrogen-bond donors (Lipinski definition) is 1. The van der Waals surface area contributed by atoms with Crippen molar-refractivity contribution < 1.29 is 9.84 Å². The van der Waals surface area contributed by atoms with E-state index in [4.69, 9.17) is 4.74 Å². The van der Waals surface area contributed by atoms with Gasteiger partial charge in [0.25, 0.3) is 0 Å². The van der Waals surface area contributed by atoms with Gasteiger partial charge in [-0.05, 0) is 25.8 Å². The number of aliphatic hydroxyl groups is 1. The predicted molar refractivity (Wildman–Crippen MR) is 77.3 cm³/mol. The van der Waals surface area contributed by atoms with Gasteiger partial charge in [0.15, 0.2) is 0 Å². The number of ether oxygens (including phenoxy) is 1. The third kappa shape index (κ3) is 3.78. The van der Waals surface area contributed by atoms with Crippen molar-refractivity contribution in [3.63, 3.8) is 0 Å². The molecule has 1 aliphatic heterocycles. The summed E-state index contributed by atoms with van der Waals surface area (Å²) in [6.07, 6.45) is 0.658. The quantitative estimate of drug-likeness (QED) is 0.905. The van der Waals surface area contributed by atoms with Crippen molar-refractivity contribution >= 4 is 0 Å². The van der Waals surface area contributed by atoms with Gasteiger partial charge in [0, 0.05) is 19.1 Å². The summed E-state index contributed by atoms with van der Waals surface area (Å²) < 4.78 is 5.51. The van der Waals surface area contributed by atoms with Gasteiger partial charge in [-0.25, -0.2) is 0 Å². The molecule has 1 saturated heterocycles. The highest BCUT2D eigenvalue weighted by atomic mass is 16.5. The second-order valence-corrected chi connectivity index (χ2v) is 5.57. The topological polar surface area (TPSA) is 32.7 Å². The molecule has 0 saturated carbocycles. The van der Waals surface area contributed by atoms with E-state index in [1.165, 1.54) is 11.1 Å². The highest BCUT2D eigenvalue weighted by molar-refractivity contribution is 5.30. The smallest absolute Gasteiger partial charge is 0.0917 e. The molecule has 0 spiro atoms. The standard InChI is InChI=1S/C16H25NO2/c1-4-15-11-19-6-5-17(15)10-16(18)14-8-12(2)7-13(3)9-14/h7-9,15-16,18H,4-6,10-11H2,1-3H3. The molecule has 1 aliphatic rings. The van der Waals surface area contributed by atoms with Crippen LogP contribution in [-0.2, 0) is 4.74 Å². The van der Waals surface area contributed by atoms with Crippen LogP contribution in [0.3, 0.4) is 0 Å². The predicted octanol–water partition coefficient (Wildman–Crippen LogP) is 2.45. The molecule has 0 amide bonds. The van der Waals surface area contributed by atoms with Crippen LogP contribution in [0.4, 0.5) is 0 Å². The van der Waals surface area contributed by atoms with Gasteiger partial charge >= 0.3 is 0 Å². The highest BCUT2D eigenvalue weighted by Gasteiger charge is 2.24. The van der Waals surface area contributed by atoms with E-state index < -0.39 is 6.10 Å². The number of hydrogen-bond acceptors (Lipinski definition) is 3. The summed E-state index contributed by atoms with van der Waals surface area (Å²) in [6.45, 7) is 9.51. The molecular weight excluding hydrogens is 238 g/mol. The van der Waals surface area contributed by atoms with Gasteiger partial charge in [-0.1, -0.05) is 36.2 Å². The maximum atomic E-state index is 10.5. The fourth-order valence-corrected chi connectivity index (χ4v) is 2.84. The lowest BCUT2D eigenvalue weighted by Crippen LogP contribution is -2.46. The van der Waals surface area contributed by atoms with E-state index in [0.29, 0.717) is 12.6 Å². The molecule has 19 heavy (non-hydrogen) atoms. The summed E-state index contributed by atoms with van der Waals surface area (Å²) in [7, 11) is 0. The average molecular weight is 263 g/mol. The van der Waals surface area contributed by atoms with Gasteiger partial charge < -0.3 is 9.84 Å². The van der Waals surface area contributed by atoms with Crippen molar-refractivity contribution in [2.45, 2.75) is 39.3 Å². The van der Waals surface area contributed by atoms with Gasteiger partial charge in [-0.3, -0.25) is 4.90 Å². The molecule has 1 aromatic rings. The lowest BCUT2D eigenvalue weighted by atomic mass is 10.0. The number of benzene rings is 1. The Kier molecular flexibility index (Phi) is 4.97. The zero-order chi connectivity index (χ0) is 13.8. The fraction of sp³-hybridized carbons (Fsp3) is 0.625. The minimum atomic E-state index is -0.411. The SMILES string of the molecule is CCC1COCCN1CC(O)c1cc(C)cc(C)c1. The number of aliphatic hydroxyl groups excluding tert-OH is 1. The summed E-state index contributed by atoms with van der Waals surface area (Å²) in [6, 6.07) is 6.74. The van der Waals surface area contributed by atoms with E-state index in [0.717, 1.165) is 31.7 Å². The Hall–Kier alpha value is -0.900. The Morgan fingerprint density at radius 1 is 1.32 bits per heavy atom. The Bertz CT molecular complexity index is 399. The largest absolute Gasteiger partial charge is 0.387 e. The lowest BCUT2D eigenvalue weighted by molar-refractivity contribution is -0.0277. The van der Waals surface area contributed by atoms with Crippen molar-refractivity contribution in [2.24, 2.45) is 0 Å². The first kappa shape index (κ1) is 14.5. The van der Waals surface area contributed by atoms with Crippen LogP contribution in [-0.4, -0.2) is 42.4 Å². The molecular formula is C16H25NO2. The lowest BCUT2D eigenvalue weighted by Gasteiger charge is -2.36. The highest BCUT2D eigenvalue weighted by Crippen LogP contribution is 2.20. The third-order valence-electron chi connectivity index (χ3n) is 3.86. The molecule has 0 aliphatic carbocycles. The minimum Gasteiger partial charge on any atom is -0.387 e. The van der Waals surface area contributed by atoms with Gasteiger partial charge in [0.1, 0.15) is 0 Å². The molecule has 0 bridgehead atoms. The third-order valence-corrected chi connectivity index (χ3v) is 3.86. The van der Waals surface area contributed by atoms with Crippen molar-refractivity contribution in [1.29, 1.82) is 0 Å². The first-order valence-electron chi connectivity index (χ1n) is 7.18. The zero-order valence-electron chi connectivity index (χ0n) is 12.2. The normalized spacial score (nSPS) is 22.4. The van der Waals surface area contributed by atoms with Gasteiger partial charge in [-0.15, -0.1) is 0 Å². The summed E-state index contributed by atoms with van der Waals surface area (Å²) in [4.78, 5) is 2.35. The Morgan fingerprint density at radius 2 is 2.00 bits per heavy atom. The van der Waals surface area contributed by atoms with E-state index in [1.54, 1.807) is 0 Å². The van der Waals surface area contributed by atoms with E-state index in [1.807, 2.05) is 0 Å². The minimum absolute atomic E-state index is 0.411. The Balaban J connectivity index is 2.04. The molecule has 0 radical (unpaired) electrons. The van der Waals surface area contributed by atoms with Crippen LogP contribution in [0.1, 0.15) is 36.1 Å². The number of morpholine rings is 1. The summed E-state index contributed by atoms with van der Waals surface area (Å²) in [5.41, 5.74) is 3.45. The maximum absolute atomic E-state index is 10.5. The molecule has 1 fully saturated rings. The molecule has 2 unspecified atom stereocenters. The first-order chi connectivity index (χ1) is 9.10. The van der Waals surface area contributed by atoms with Crippen LogP contribution in [0.5, 0.6) is 0 Å². The number of rotatable bonds is 4. The Morgan fingerprint density at radius 3 is 2.63 bits per heavy atom. The van der Waals surface area contributed by atoms with E-state index in [-0.39, 0.29) is 0 Å². The summed E-state index contributed by atoms with van der Waals surface area (Å²) in [5, 5.41) is 10.5. The Labute approximate surface area is 116 Å². The van der Waals surface area contributed by atoms with Crippen LogP contribution < -0.4 is 0 Å². The van der Waals surface area contributed by atoms with Gasteiger partial charge in [-0.2, -0.15) is 0 Å². The van der Waals surface area contributed by atoms with Crippen LogP contribution in [0.15, 0.2) is 18.2 Å². The number of nitrogens with zero attached hydrogens (tertiary/aromatic N) is 1. The van der Waals surface area contributed by atoms with Gasteiger partial charge in [0.05, 0.1) is 19.3 Å². The van der Waals surface area contributed by atoms with Crippen LogP contribution in [0.2, 0.25) is 0 Å². The second kappa shape index (κ2) is 6.51. The molecule has 3 nitrogen and oxygen atoms in total.